The van der Waals surface area contributed by atoms with Gasteiger partial charge in [0.1, 0.15) is 0 Å². The average Bonchev–Trinajstić information content (AvgIpc) is 2.98. The molecule has 0 saturated carbocycles. The second-order valence-electron chi connectivity index (χ2n) is 8.11. The Morgan fingerprint density at radius 2 is 1.03 bits per heavy atom. The third-order valence-corrected chi connectivity index (χ3v) is 9.12. The highest BCUT2D eigenvalue weighted by atomic mass is 31.1. The molecule has 146 valence electrons. The van der Waals surface area contributed by atoms with Crippen LogP contribution in [0.25, 0.3) is 5.57 Å². The van der Waals surface area contributed by atoms with Crippen LogP contribution >= 0.6 is 7.92 Å². The van der Waals surface area contributed by atoms with Gasteiger partial charge < -0.3 is 0 Å². The van der Waals surface area contributed by atoms with Gasteiger partial charge >= 0.3 is 0 Å². The van der Waals surface area contributed by atoms with Crippen LogP contribution in [0.1, 0.15) is 43.9 Å². The predicted molar refractivity (Wildman–Crippen MR) is 130 cm³/mol. The van der Waals surface area contributed by atoms with E-state index in [-0.39, 0.29) is 0 Å². The van der Waals surface area contributed by atoms with Crippen molar-refractivity contribution in [3.05, 3.63) is 106 Å². The standard InChI is InChI=1S/C28H29P/c1-19-12-6-9-15-26(19)29(27-16-10-7-13-20(27)2)28-17-11-8-14-24(28)25-18-21(3)22(4)23(25)5/h6-17H,18H2,1-5H3. The molecule has 0 radical (unpaired) electrons. The summed E-state index contributed by atoms with van der Waals surface area (Å²) >= 11 is 0. The van der Waals surface area contributed by atoms with Gasteiger partial charge in [-0.2, -0.15) is 0 Å². The van der Waals surface area contributed by atoms with Crippen molar-refractivity contribution in [1.82, 2.24) is 0 Å². The fourth-order valence-corrected chi connectivity index (χ4v) is 7.10. The number of allylic oxidation sites excluding steroid dienone is 4. The van der Waals surface area contributed by atoms with Crippen molar-refractivity contribution >= 4 is 29.4 Å². The van der Waals surface area contributed by atoms with Gasteiger partial charge in [0.2, 0.25) is 0 Å². The third-order valence-electron chi connectivity index (χ3n) is 6.28. The van der Waals surface area contributed by atoms with Crippen LogP contribution < -0.4 is 15.9 Å². The summed E-state index contributed by atoms with van der Waals surface area (Å²) in [7, 11) is -0.625. The Hall–Kier alpha value is -2.43. The van der Waals surface area contributed by atoms with Gasteiger partial charge in [0.25, 0.3) is 0 Å². The van der Waals surface area contributed by atoms with E-state index < -0.39 is 7.92 Å². The molecule has 1 aliphatic rings. The molecule has 0 atom stereocenters. The highest BCUT2D eigenvalue weighted by Crippen LogP contribution is 2.42. The number of hydrogen-bond donors (Lipinski definition) is 0. The maximum absolute atomic E-state index is 2.36. The lowest BCUT2D eigenvalue weighted by Crippen LogP contribution is -2.26. The maximum Gasteiger partial charge on any atom is -0.00551 e. The van der Waals surface area contributed by atoms with E-state index in [0.29, 0.717) is 0 Å². The zero-order valence-corrected chi connectivity index (χ0v) is 19.0. The van der Waals surface area contributed by atoms with Crippen molar-refractivity contribution < 1.29 is 0 Å². The average molecular weight is 397 g/mol. The maximum atomic E-state index is 2.36. The van der Waals surface area contributed by atoms with Crippen LogP contribution in [0.15, 0.2) is 89.5 Å². The van der Waals surface area contributed by atoms with Crippen molar-refractivity contribution in [2.75, 3.05) is 0 Å². The molecule has 0 aromatic heterocycles. The van der Waals surface area contributed by atoms with E-state index in [2.05, 4.69) is 107 Å². The zero-order chi connectivity index (χ0) is 20.5. The summed E-state index contributed by atoms with van der Waals surface area (Å²) in [6.07, 6.45) is 1.07. The van der Waals surface area contributed by atoms with Crippen molar-refractivity contribution in [3.8, 4) is 0 Å². The quantitative estimate of drug-likeness (QED) is 0.437. The molecule has 0 spiro atoms. The second kappa shape index (κ2) is 8.13. The Morgan fingerprint density at radius 1 is 0.552 bits per heavy atom. The summed E-state index contributed by atoms with van der Waals surface area (Å²) in [6, 6.07) is 27.0. The molecule has 29 heavy (non-hydrogen) atoms. The van der Waals surface area contributed by atoms with Crippen LogP contribution in [0.5, 0.6) is 0 Å². The minimum Gasteiger partial charge on any atom is -0.0657 e. The zero-order valence-electron chi connectivity index (χ0n) is 18.1. The van der Waals surface area contributed by atoms with Crippen LogP contribution in [0.4, 0.5) is 0 Å². The molecule has 0 N–H and O–H groups in total. The molecule has 3 aromatic carbocycles. The molecule has 0 heterocycles. The Balaban J connectivity index is 1.97. The highest BCUT2D eigenvalue weighted by molar-refractivity contribution is 7.80. The Morgan fingerprint density at radius 3 is 1.52 bits per heavy atom. The van der Waals surface area contributed by atoms with E-state index in [4.69, 9.17) is 0 Å². The lowest BCUT2D eigenvalue weighted by molar-refractivity contribution is 1.22. The second-order valence-corrected chi connectivity index (χ2v) is 10.2. The summed E-state index contributed by atoms with van der Waals surface area (Å²) in [4.78, 5) is 0. The first-order valence-corrected chi connectivity index (χ1v) is 11.7. The molecule has 0 saturated heterocycles. The lowest BCUT2D eigenvalue weighted by atomic mass is 10.0. The molecule has 1 heteroatoms. The van der Waals surface area contributed by atoms with Gasteiger partial charge in [0, 0.05) is 0 Å². The molecule has 4 rings (SSSR count). The van der Waals surface area contributed by atoms with E-state index in [9.17, 15) is 0 Å². The monoisotopic (exact) mass is 396 g/mol. The Bertz CT molecular complexity index is 1080. The summed E-state index contributed by atoms with van der Waals surface area (Å²) in [5.41, 5.74) is 10.1. The van der Waals surface area contributed by atoms with E-state index >= 15 is 0 Å². The van der Waals surface area contributed by atoms with Crippen LogP contribution in [-0.4, -0.2) is 0 Å². The van der Waals surface area contributed by atoms with Crippen LogP contribution in [0.3, 0.4) is 0 Å². The normalized spacial score (nSPS) is 14.3. The van der Waals surface area contributed by atoms with Crippen molar-refractivity contribution in [3.63, 3.8) is 0 Å². The molecule has 0 fully saturated rings. The smallest absolute Gasteiger partial charge is 0.00551 e. The summed E-state index contributed by atoms with van der Waals surface area (Å²) in [5, 5.41) is 4.40. The van der Waals surface area contributed by atoms with Gasteiger partial charge in [0.15, 0.2) is 0 Å². The van der Waals surface area contributed by atoms with Crippen molar-refractivity contribution in [2.24, 2.45) is 0 Å². The Kier molecular flexibility index (Phi) is 5.57. The first-order valence-electron chi connectivity index (χ1n) is 10.4. The van der Waals surface area contributed by atoms with E-state index in [1.54, 1.807) is 0 Å². The lowest BCUT2D eigenvalue weighted by Gasteiger charge is -2.26. The fraction of sp³-hybridized carbons (Fsp3) is 0.214. The van der Waals surface area contributed by atoms with Gasteiger partial charge in [-0.25, -0.2) is 0 Å². The molecular weight excluding hydrogens is 367 g/mol. The topological polar surface area (TPSA) is 0 Å². The first-order chi connectivity index (χ1) is 14.0. The molecule has 0 amide bonds. The SMILES string of the molecule is CC1=C(C)C(C)=C(c2ccccc2P(c2ccccc2C)c2ccccc2C)C1. The number of benzene rings is 3. The van der Waals surface area contributed by atoms with Crippen molar-refractivity contribution in [1.29, 1.82) is 0 Å². The van der Waals surface area contributed by atoms with Gasteiger partial charge in [-0.15, -0.1) is 0 Å². The largest absolute Gasteiger partial charge is 0.0657 e. The van der Waals surface area contributed by atoms with Gasteiger partial charge in [-0.05, 0) is 98.3 Å². The molecule has 0 aliphatic heterocycles. The summed E-state index contributed by atoms with van der Waals surface area (Å²) in [5.74, 6) is 0. The molecule has 0 bridgehead atoms. The Labute approximate surface area is 176 Å². The molecule has 3 aromatic rings. The van der Waals surface area contributed by atoms with Crippen LogP contribution in [0.2, 0.25) is 0 Å². The molecule has 1 aliphatic carbocycles. The molecular formula is C28H29P. The fourth-order valence-electron chi connectivity index (χ4n) is 4.32. The van der Waals surface area contributed by atoms with Crippen molar-refractivity contribution in [2.45, 2.75) is 41.0 Å². The molecule has 0 nitrogen and oxygen atoms in total. The van der Waals surface area contributed by atoms with E-state index in [0.717, 1.165) is 6.42 Å². The summed E-state index contributed by atoms with van der Waals surface area (Å²) in [6.45, 7) is 11.3. The van der Waals surface area contributed by atoms with Gasteiger partial charge in [-0.3, -0.25) is 0 Å². The van der Waals surface area contributed by atoms with Gasteiger partial charge in [-0.1, -0.05) is 78.4 Å². The number of aryl methyl sites for hydroxylation is 2. The van der Waals surface area contributed by atoms with E-state index in [1.165, 1.54) is 54.9 Å². The first kappa shape index (κ1) is 19.9. The minimum atomic E-state index is -0.625. The van der Waals surface area contributed by atoms with Gasteiger partial charge in [0.05, 0.1) is 0 Å². The summed E-state index contributed by atoms with van der Waals surface area (Å²) < 4.78 is 0. The number of hydrogen-bond acceptors (Lipinski definition) is 0. The molecule has 0 unspecified atom stereocenters. The predicted octanol–water partition coefficient (Wildman–Crippen LogP) is 6.58. The highest BCUT2D eigenvalue weighted by Gasteiger charge is 2.26. The third kappa shape index (κ3) is 3.63. The minimum absolute atomic E-state index is 0.625. The van der Waals surface area contributed by atoms with Crippen LogP contribution in [0, 0.1) is 13.8 Å². The van der Waals surface area contributed by atoms with Crippen LogP contribution in [-0.2, 0) is 0 Å². The van der Waals surface area contributed by atoms with E-state index in [1.807, 2.05) is 0 Å². The number of rotatable bonds is 4.